The number of hydrogen-bond donors (Lipinski definition) is 1. The Morgan fingerprint density at radius 3 is 2.50 bits per heavy atom. The van der Waals surface area contributed by atoms with Crippen LogP contribution in [0.3, 0.4) is 0 Å². The average molecular weight is 262 g/mol. The number of Topliss-reactive ketones (excluding diaryl/α,β-unsaturated/α-hetero) is 1. The molecular formula is C17H14N2O. The number of carbonyl (C=O) groups excluding carboxylic acids is 1. The van der Waals surface area contributed by atoms with Crippen molar-refractivity contribution in [2.45, 2.75) is 6.92 Å². The number of nitrogens with one attached hydrogen (secondary N) is 1. The van der Waals surface area contributed by atoms with E-state index in [1.807, 2.05) is 60.7 Å². The minimum Gasteiger partial charge on any atom is -0.338 e. The third kappa shape index (κ3) is 2.52. The van der Waals surface area contributed by atoms with Crippen LogP contribution in [0.1, 0.15) is 28.7 Å². The Morgan fingerprint density at radius 1 is 1.05 bits per heavy atom. The fourth-order valence-corrected chi connectivity index (χ4v) is 2.06. The van der Waals surface area contributed by atoms with E-state index in [2.05, 4.69) is 9.97 Å². The smallest absolute Gasteiger partial charge is 0.159 e. The van der Waals surface area contributed by atoms with Crippen molar-refractivity contribution in [3.63, 3.8) is 0 Å². The Hall–Kier alpha value is -2.68. The molecule has 0 radical (unpaired) electrons. The summed E-state index contributed by atoms with van der Waals surface area (Å²) in [4.78, 5) is 18.9. The number of carbonyl (C=O) groups is 1. The summed E-state index contributed by atoms with van der Waals surface area (Å²) in [6.45, 7) is 1.57. The van der Waals surface area contributed by atoms with Crippen molar-refractivity contribution in [1.29, 1.82) is 0 Å². The van der Waals surface area contributed by atoms with E-state index >= 15 is 0 Å². The number of aromatic nitrogens is 2. The van der Waals surface area contributed by atoms with Gasteiger partial charge in [-0.2, -0.15) is 0 Å². The molecule has 3 rings (SSSR count). The molecule has 1 N–H and O–H groups in total. The Balaban J connectivity index is 1.84. The van der Waals surface area contributed by atoms with Gasteiger partial charge < -0.3 is 4.98 Å². The highest BCUT2D eigenvalue weighted by molar-refractivity contribution is 5.94. The molecule has 3 heteroatoms. The number of imidazole rings is 1. The molecule has 3 nitrogen and oxygen atoms in total. The normalized spacial score (nSPS) is 11.2. The lowest BCUT2D eigenvalue weighted by Gasteiger charge is -1.96. The summed E-state index contributed by atoms with van der Waals surface area (Å²) in [7, 11) is 0. The summed E-state index contributed by atoms with van der Waals surface area (Å²) in [6.07, 6.45) is 3.91. The maximum atomic E-state index is 11.2. The number of para-hydroxylation sites is 2. The molecule has 0 fully saturated rings. The number of benzene rings is 2. The van der Waals surface area contributed by atoms with Crippen molar-refractivity contribution < 1.29 is 4.79 Å². The highest BCUT2D eigenvalue weighted by atomic mass is 16.1. The summed E-state index contributed by atoms with van der Waals surface area (Å²) in [5.41, 5.74) is 3.75. The van der Waals surface area contributed by atoms with E-state index in [1.165, 1.54) is 0 Å². The number of ketones is 1. The summed E-state index contributed by atoms with van der Waals surface area (Å²) in [5, 5.41) is 0. The van der Waals surface area contributed by atoms with E-state index in [-0.39, 0.29) is 5.78 Å². The number of H-pyrrole nitrogens is 1. The first-order valence-electron chi connectivity index (χ1n) is 6.46. The number of nitrogens with zero attached hydrogens (tertiary/aromatic N) is 1. The molecule has 0 aliphatic carbocycles. The van der Waals surface area contributed by atoms with Crippen LogP contribution in [0.2, 0.25) is 0 Å². The van der Waals surface area contributed by atoms with Gasteiger partial charge in [-0.15, -0.1) is 0 Å². The van der Waals surface area contributed by atoms with Gasteiger partial charge in [0.15, 0.2) is 5.78 Å². The van der Waals surface area contributed by atoms with Gasteiger partial charge in [-0.3, -0.25) is 4.79 Å². The van der Waals surface area contributed by atoms with Crippen LogP contribution in [0.4, 0.5) is 0 Å². The van der Waals surface area contributed by atoms with E-state index in [4.69, 9.17) is 0 Å². The maximum absolute atomic E-state index is 11.2. The van der Waals surface area contributed by atoms with Crippen molar-refractivity contribution in [2.24, 2.45) is 0 Å². The van der Waals surface area contributed by atoms with Gasteiger partial charge >= 0.3 is 0 Å². The predicted octanol–water partition coefficient (Wildman–Crippen LogP) is 3.94. The van der Waals surface area contributed by atoms with Gasteiger partial charge in [-0.25, -0.2) is 4.98 Å². The standard InChI is InChI=1S/C17H14N2O/c1-12(20)14-9-6-13(7-10-14)8-11-17-18-15-4-2-3-5-16(15)19-17/h2-11H,1H3,(H,18,19)/b11-8+. The fraction of sp³-hybridized carbons (Fsp3) is 0.0588. The van der Waals surface area contributed by atoms with Gasteiger partial charge in [0, 0.05) is 5.56 Å². The molecule has 0 saturated carbocycles. The highest BCUT2D eigenvalue weighted by Crippen LogP contribution is 2.13. The first-order chi connectivity index (χ1) is 9.72. The molecule has 0 aliphatic heterocycles. The Morgan fingerprint density at radius 2 is 1.80 bits per heavy atom. The summed E-state index contributed by atoms with van der Waals surface area (Å²) in [6, 6.07) is 15.4. The number of rotatable bonds is 3. The third-order valence-electron chi connectivity index (χ3n) is 3.16. The van der Waals surface area contributed by atoms with Crippen molar-refractivity contribution in [2.75, 3.05) is 0 Å². The third-order valence-corrected chi connectivity index (χ3v) is 3.16. The highest BCUT2D eigenvalue weighted by Gasteiger charge is 1.99. The quantitative estimate of drug-likeness (QED) is 0.727. The van der Waals surface area contributed by atoms with E-state index in [1.54, 1.807) is 6.92 Å². The molecule has 3 aromatic rings. The molecule has 2 aromatic carbocycles. The van der Waals surface area contributed by atoms with Gasteiger partial charge in [-0.1, -0.05) is 42.5 Å². The van der Waals surface area contributed by atoms with Crippen LogP contribution in [0.15, 0.2) is 48.5 Å². The molecule has 1 heterocycles. The van der Waals surface area contributed by atoms with Crippen LogP contribution in [0.5, 0.6) is 0 Å². The number of fused-ring (bicyclic) bond motifs is 1. The van der Waals surface area contributed by atoms with E-state index in [0.29, 0.717) is 0 Å². The molecule has 1 aromatic heterocycles. The van der Waals surface area contributed by atoms with Crippen LogP contribution in [0.25, 0.3) is 23.2 Å². The lowest BCUT2D eigenvalue weighted by Crippen LogP contribution is -1.90. The monoisotopic (exact) mass is 262 g/mol. The molecule has 0 bridgehead atoms. The van der Waals surface area contributed by atoms with Crippen LogP contribution in [-0.2, 0) is 0 Å². The minimum atomic E-state index is 0.0813. The zero-order valence-electron chi connectivity index (χ0n) is 11.1. The lowest BCUT2D eigenvalue weighted by molar-refractivity contribution is 0.101. The fourth-order valence-electron chi connectivity index (χ4n) is 2.06. The Labute approximate surface area is 117 Å². The van der Waals surface area contributed by atoms with Crippen LogP contribution in [-0.4, -0.2) is 15.8 Å². The van der Waals surface area contributed by atoms with Crippen LogP contribution in [0, 0.1) is 0 Å². The number of aromatic amines is 1. The molecule has 0 atom stereocenters. The van der Waals surface area contributed by atoms with Gasteiger partial charge in [-0.05, 0) is 30.7 Å². The zero-order valence-corrected chi connectivity index (χ0v) is 11.1. The van der Waals surface area contributed by atoms with Gasteiger partial charge in [0.05, 0.1) is 11.0 Å². The predicted molar refractivity (Wildman–Crippen MR) is 81.5 cm³/mol. The molecule has 0 saturated heterocycles. The molecule has 0 unspecified atom stereocenters. The second-order valence-electron chi connectivity index (χ2n) is 4.65. The van der Waals surface area contributed by atoms with Gasteiger partial charge in [0.25, 0.3) is 0 Å². The van der Waals surface area contributed by atoms with Crippen molar-refractivity contribution >= 4 is 29.0 Å². The SMILES string of the molecule is CC(=O)c1ccc(/C=C/c2nc3ccccc3[nH]2)cc1. The van der Waals surface area contributed by atoms with Crippen molar-refractivity contribution in [3.8, 4) is 0 Å². The average Bonchev–Trinajstić information content (AvgIpc) is 2.88. The van der Waals surface area contributed by atoms with Gasteiger partial charge in [0.2, 0.25) is 0 Å². The minimum absolute atomic E-state index is 0.0813. The van der Waals surface area contributed by atoms with Crippen LogP contribution < -0.4 is 0 Å². The first kappa shape index (κ1) is 12.4. The molecule has 0 aliphatic rings. The summed E-state index contributed by atoms with van der Waals surface area (Å²) >= 11 is 0. The van der Waals surface area contributed by atoms with Crippen molar-refractivity contribution in [1.82, 2.24) is 9.97 Å². The second-order valence-corrected chi connectivity index (χ2v) is 4.65. The first-order valence-corrected chi connectivity index (χ1v) is 6.46. The Kier molecular flexibility index (Phi) is 3.17. The van der Waals surface area contributed by atoms with E-state index < -0.39 is 0 Å². The maximum Gasteiger partial charge on any atom is 0.159 e. The summed E-state index contributed by atoms with van der Waals surface area (Å²) in [5.74, 6) is 0.902. The molecular weight excluding hydrogens is 248 g/mol. The largest absolute Gasteiger partial charge is 0.338 e. The molecule has 0 spiro atoms. The van der Waals surface area contributed by atoms with E-state index in [9.17, 15) is 4.79 Å². The van der Waals surface area contributed by atoms with Crippen molar-refractivity contribution in [3.05, 3.63) is 65.5 Å². The Bertz CT molecular complexity index is 749. The van der Waals surface area contributed by atoms with Gasteiger partial charge in [0.1, 0.15) is 5.82 Å². The topological polar surface area (TPSA) is 45.8 Å². The molecule has 98 valence electrons. The molecule has 20 heavy (non-hydrogen) atoms. The van der Waals surface area contributed by atoms with E-state index in [0.717, 1.165) is 28.0 Å². The molecule has 0 amide bonds. The number of hydrogen-bond acceptors (Lipinski definition) is 2. The zero-order chi connectivity index (χ0) is 13.9. The second kappa shape index (κ2) is 5.13. The summed E-state index contributed by atoms with van der Waals surface area (Å²) < 4.78 is 0. The van der Waals surface area contributed by atoms with Crippen LogP contribution >= 0.6 is 0 Å². The lowest BCUT2D eigenvalue weighted by atomic mass is 10.1.